The first-order valence-electron chi connectivity index (χ1n) is 3.45. The summed E-state index contributed by atoms with van der Waals surface area (Å²) in [7, 11) is 0. The zero-order valence-corrected chi connectivity index (χ0v) is 6.86. The minimum Gasteiger partial charge on any atom is -0.0919 e. The number of allylic oxidation sites excluding steroid dienone is 4. The van der Waals surface area contributed by atoms with Gasteiger partial charge < -0.3 is 0 Å². The third-order valence-corrected chi connectivity index (χ3v) is 1.47. The molecular weight excluding hydrogens is 108 g/mol. The molecule has 0 unspecified atom stereocenters. The highest BCUT2D eigenvalue weighted by Gasteiger charge is 2.07. The van der Waals surface area contributed by atoms with Crippen molar-refractivity contribution in [3.05, 3.63) is 23.3 Å². The Morgan fingerprint density at radius 3 is 1.22 bits per heavy atom. The van der Waals surface area contributed by atoms with E-state index in [-0.39, 0.29) is 0 Å². The van der Waals surface area contributed by atoms with Crippen molar-refractivity contribution in [1.29, 1.82) is 0 Å². The van der Waals surface area contributed by atoms with E-state index in [1.54, 1.807) is 11.1 Å². The lowest BCUT2D eigenvalue weighted by Crippen LogP contribution is -1.27. The van der Waals surface area contributed by atoms with Gasteiger partial charge in [0.2, 0.25) is 0 Å². The first-order valence-corrected chi connectivity index (χ1v) is 3.45. The van der Waals surface area contributed by atoms with Crippen LogP contribution in [-0.4, -0.2) is 0 Å². The van der Waals surface area contributed by atoms with Crippen LogP contribution in [0.15, 0.2) is 23.3 Å². The second-order valence-electron chi connectivity index (χ2n) is 2.40. The molecule has 0 fully saturated rings. The van der Waals surface area contributed by atoms with Gasteiger partial charge in [-0.25, -0.2) is 0 Å². The second kappa shape index (κ2) is 4.37. The average Bonchev–Trinajstić information content (AvgIpc) is 2.47. The lowest BCUT2D eigenvalue weighted by atomic mass is 10.6. The molecule has 0 amide bonds. The molecule has 0 atom stereocenters. The molecule has 0 aromatic carbocycles. The van der Waals surface area contributed by atoms with Crippen LogP contribution >= 0.6 is 0 Å². The largest absolute Gasteiger partial charge is 0.0919 e. The van der Waals surface area contributed by atoms with Crippen molar-refractivity contribution in [2.75, 3.05) is 0 Å². The molecule has 1 aliphatic rings. The van der Waals surface area contributed by atoms with E-state index in [1.165, 1.54) is 6.42 Å². The van der Waals surface area contributed by atoms with Gasteiger partial charge in [-0.05, 0) is 34.1 Å². The van der Waals surface area contributed by atoms with Crippen molar-refractivity contribution in [2.45, 2.75) is 34.1 Å². The molecule has 0 radical (unpaired) electrons. The van der Waals surface area contributed by atoms with Gasteiger partial charge >= 0.3 is 0 Å². The Kier molecular flexibility index (Phi) is 4.12. The van der Waals surface area contributed by atoms with Crippen molar-refractivity contribution < 1.29 is 0 Å². The van der Waals surface area contributed by atoms with Gasteiger partial charge in [-0.15, -0.1) is 0 Å². The molecule has 0 heterocycles. The van der Waals surface area contributed by atoms with Crippen LogP contribution in [0.25, 0.3) is 0 Å². The minimum atomic E-state index is 1.31. The van der Waals surface area contributed by atoms with E-state index in [9.17, 15) is 0 Å². The molecule has 1 rings (SSSR count). The topological polar surface area (TPSA) is 0 Å². The standard InChI is InChI=1S/C5H8.C4H8/c1-4-3-5(4)2;1-3-4-2/h3H2,1-2H3;3-4H,1-2H3. The summed E-state index contributed by atoms with van der Waals surface area (Å²) in [6.45, 7) is 8.35. The van der Waals surface area contributed by atoms with Crippen LogP contribution in [0.4, 0.5) is 0 Å². The molecule has 0 aromatic heterocycles. The highest BCUT2D eigenvalue weighted by Crippen LogP contribution is 2.27. The summed E-state index contributed by atoms with van der Waals surface area (Å²) in [5.41, 5.74) is 3.18. The molecule has 0 heteroatoms. The molecule has 1 aliphatic carbocycles. The predicted octanol–water partition coefficient (Wildman–Crippen LogP) is 3.31. The van der Waals surface area contributed by atoms with E-state index in [1.807, 2.05) is 26.0 Å². The van der Waals surface area contributed by atoms with Crippen molar-refractivity contribution in [3.8, 4) is 0 Å². The molecule has 0 bridgehead atoms. The Morgan fingerprint density at radius 2 is 1.22 bits per heavy atom. The van der Waals surface area contributed by atoms with Gasteiger partial charge in [0.05, 0.1) is 0 Å². The van der Waals surface area contributed by atoms with Gasteiger partial charge in [0, 0.05) is 0 Å². The fourth-order valence-electron chi connectivity index (χ4n) is 0.354. The first-order chi connectivity index (χ1) is 4.22. The average molecular weight is 124 g/mol. The zero-order chi connectivity index (χ0) is 7.28. The SMILES string of the molecule is CC1=C(C)C1.CC=CC. The van der Waals surface area contributed by atoms with Crippen molar-refractivity contribution in [2.24, 2.45) is 0 Å². The summed E-state index contributed by atoms with van der Waals surface area (Å²) in [5.74, 6) is 0. The fraction of sp³-hybridized carbons (Fsp3) is 0.556. The normalized spacial score (nSPS) is 15.6. The fourth-order valence-corrected chi connectivity index (χ4v) is 0.354. The molecule has 0 spiro atoms. The van der Waals surface area contributed by atoms with Crippen molar-refractivity contribution in [3.63, 3.8) is 0 Å². The van der Waals surface area contributed by atoms with Gasteiger partial charge in [-0.3, -0.25) is 0 Å². The maximum absolute atomic E-state index is 2.18. The number of hydrogen-bond acceptors (Lipinski definition) is 0. The number of hydrogen-bond donors (Lipinski definition) is 0. The Balaban J connectivity index is 0.000000148. The van der Waals surface area contributed by atoms with Crippen LogP contribution in [0, 0.1) is 0 Å². The third-order valence-electron chi connectivity index (χ3n) is 1.47. The maximum atomic E-state index is 2.18. The monoisotopic (exact) mass is 124 g/mol. The Labute approximate surface area is 58.3 Å². The molecule has 0 aliphatic heterocycles. The molecule has 0 N–H and O–H groups in total. The summed E-state index contributed by atoms with van der Waals surface area (Å²) >= 11 is 0. The van der Waals surface area contributed by atoms with E-state index < -0.39 is 0 Å². The molecule has 9 heavy (non-hydrogen) atoms. The molecule has 0 nitrogen and oxygen atoms in total. The van der Waals surface area contributed by atoms with E-state index in [2.05, 4.69) is 13.8 Å². The minimum absolute atomic E-state index is 1.31. The van der Waals surface area contributed by atoms with Gasteiger partial charge in [-0.2, -0.15) is 0 Å². The van der Waals surface area contributed by atoms with E-state index in [0.29, 0.717) is 0 Å². The highest BCUT2D eigenvalue weighted by atomic mass is 14.1. The predicted molar refractivity (Wildman–Crippen MR) is 43.5 cm³/mol. The summed E-state index contributed by atoms with van der Waals surface area (Å²) in [6, 6.07) is 0. The second-order valence-corrected chi connectivity index (χ2v) is 2.40. The van der Waals surface area contributed by atoms with Crippen molar-refractivity contribution >= 4 is 0 Å². The van der Waals surface area contributed by atoms with E-state index in [0.717, 1.165) is 0 Å². The molecule has 0 aromatic rings. The quantitative estimate of drug-likeness (QED) is 0.434. The lowest BCUT2D eigenvalue weighted by molar-refractivity contribution is 1.43. The Bertz CT molecular complexity index is 113. The summed E-state index contributed by atoms with van der Waals surface area (Å²) in [5, 5.41) is 0. The van der Waals surface area contributed by atoms with Crippen LogP contribution in [0.5, 0.6) is 0 Å². The highest BCUT2D eigenvalue weighted by molar-refractivity contribution is 5.30. The van der Waals surface area contributed by atoms with Gasteiger partial charge in [0.1, 0.15) is 0 Å². The summed E-state index contributed by atoms with van der Waals surface area (Å²) in [6.07, 6.45) is 5.31. The van der Waals surface area contributed by atoms with Gasteiger partial charge in [-0.1, -0.05) is 23.3 Å². The lowest BCUT2D eigenvalue weighted by Gasteiger charge is -1.49. The first kappa shape index (κ1) is 8.48. The zero-order valence-electron chi connectivity index (χ0n) is 6.86. The van der Waals surface area contributed by atoms with E-state index >= 15 is 0 Å². The molecule has 0 saturated heterocycles. The third kappa shape index (κ3) is 5.35. The van der Waals surface area contributed by atoms with Crippen molar-refractivity contribution in [1.82, 2.24) is 0 Å². The van der Waals surface area contributed by atoms with Gasteiger partial charge in [0.25, 0.3) is 0 Å². The summed E-state index contributed by atoms with van der Waals surface area (Å²) < 4.78 is 0. The van der Waals surface area contributed by atoms with Crippen LogP contribution < -0.4 is 0 Å². The molecule has 52 valence electrons. The van der Waals surface area contributed by atoms with Gasteiger partial charge in [0.15, 0.2) is 0 Å². The van der Waals surface area contributed by atoms with Crippen LogP contribution in [0.3, 0.4) is 0 Å². The number of rotatable bonds is 0. The van der Waals surface area contributed by atoms with Crippen LogP contribution in [0.1, 0.15) is 34.1 Å². The Morgan fingerprint density at radius 1 is 1.00 bits per heavy atom. The van der Waals surface area contributed by atoms with Crippen LogP contribution in [-0.2, 0) is 0 Å². The molecule has 0 saturated carbocycles. The smallest absolute Gasteiger partial charge is 0.0109 e. The maximum Gasteiger partial charge on any atom is -0.0109 e. The Hall–Kier alpha value is -0.520. The van der Waals surface area contributed by atoms with E-state index in [4.69, 9.17) is 0 Å². The summed E-state index contributed by atoms with van der Waals surface area (Å²) in [4.78, 5) is 0. The van der Waals surface area contributed by atoms with Crippen LogP contribution in [0.2, 0.25) is 0 Å². The molecular formula is C9H16.